The highest BCUT2D eigenvalue weighted by Gasteiger charge is 2.11. The summed E-state index contributed by atoms with van der Waals surface area (Å²) in [6.07, 6.45) is 7.91. The van der Waals surface area contributed by atoms with Gasteiger partial charge in [-0.05, 0) is 55.2 Å². The first kappa shape index (κ1) is 20.4. The Morgan fingerprint density at radius 2 is 1.89 bits per heavy atom. The van der Waals surface area contributed by atoms with Crippen LogP contribution in [0.25, 0.3) is 22.4 Å². The van der Waals surface area contributed by atoms with Gasteiger partial charge in [-0.25, -0.2) is 0 Å². The van der Waals surface area contributed by atoms with E-state index in [-0.39, 0.29) is 0 Å². The molecule has 1 heterocycles. The lowest BCUT2D eigenvalue weighted by atomic mass is 9.97. The first-order chi connectivity index (χ1) is 12.9. The van der Waals surface area contributed by atoms with Crippen molar-refractivity contribution in [1.29, 1.82) is 0 Å². The van der Waals surface area contributed by atoms with Gasteiger partial charge in [0.25, 0.3) is 0 Å². The van der Waals surface area contributed by atoms with Crippen LogP contribution in [0.4, 0.5) is 0 Å². The smallest absolute Gasteiger partial charge is 0.0734 e. The fourth-order valence-electron chi connectivity index (χ4n) is 3.10. The molecule has 0 aliphatic rings. The van der Waals surface area contributed by atoms with Gasteiger partial charge in [-0.3, -0.25) is 9.98 Å². The molecule has 0 fully saturated rings. The third-order valence-corrected chi connectivity index (χ3v) is 4.38. The molecule has 0 radical (unpaired) electrons. The minimum atomic E-state index is 1.00. The Hall–Kier alpha value is -2.94. The molecular weight excluding hydrogens is 330 g/mol. The van der Waals surface area contributed by atoms with Gasteiger partial charge in [-0.2, -0.15) is 0 Å². The lowest BCUT2D eigenvalue weighted by Gasteiger charge is -2.14. The van der Waals surface area contributed by atoms with Crippen molar-refractivity contribution in [2.75, 3.05) is 21.1 Å². The predicted molar refractivity (Wildman–Crippen MR) is 119 cm³/mol. The Labute approximate surface area is 163 Å². The number of rotatable bonds is 6. The third-order valence-electron chi connectivity index (χ3n) is 4.38. The van der Waals surface area contributed by atoms with Gasteiger partial charge >= 0.3 is 0 Å². The van der Waals surface area contributed by atoms with Crippen LogP contribution in [-0.4, -0.2) is 37.2 Å². The van der Waals surface area contributed by atoms with E-state index in [1.54, 1.807) is 7.05 Å². The zero-order valence-corrected chi connectivity index (χ0v) is 17.2. The van der Waals surface area contributed by atoms with E-state index in [1.165, 1.54) is 0 Å². The minimum absolute atomic E-state index is 1.00. The van der Waals surface area contributed by atoms with Gasteiger partial charge in [0, 0.05) is 50.4 Å². The number of aryl methyl sites for hydroxylation is 2. The van der Waals surface area contributed by atoms with Crippen LogP contribution in [0, 0.1) is 13.8 Å². The van der Waals surface area contributed by atoms with Gasteiger partial charge in [0.05, 0.1) is 5.69 Å². The summed E-state index contributed by atoms with van der Waals surface area (Å²) in [4.78, 5) is 11.1. The monoisotopic (exact) mass is 359 g/mol. The molecular formula is C24H29N3. The summed E-state index contributed by atoms with van der Waals surface area (Å²) in [6.45, 7) is 10.1. The van der Waals surface area contributed by atoms with Gasteiger partial charge in [0.15, 0.2) is 0 Å². The molecule has 0 unspecified atom stereocenters. The molecule has 0 atom stereocenters. The molecule has 0 aliphatic carbocycles. The molecule has 0 aliphatic heterocycles. The number of pyridine rings is 1. The molecule has 2 rings (SSSR count). The van der Waals surface area contributed by atoms with Crippen molar-refractivity contribution in [2.45, 2.75) is 20.8 Å². The van der Waals surface area contributed by atoms with E-state index in [0.717, 1.165) is 44.8 Å². The van der Waals surface area contributed by atoms with Crippen LogP contribution in [0.2, 0.25) is 0 Å². The second kappa shape index (κ2) is 9.13. The van der Waals surface area contributed by atoms with Crippen LogP contribution in [0.15, 0.2) is 60.3 Å². The maximum Gasteiger partial charge on any atom is 0.0734 e. The average Bonchev–Trinajstić information content (AvgIpc) is 2.65. The van der Waals surface area contributed by atoms with E-state index in [0.29, 0.717) is 0 Å². The summed E-state index contributed by atoms with van der Waals surface area (Å²) < 4.78 is 0. The zero-order chi connectivity index (χ0) is 20.0. The van der Waals surface area contributed by atoms with Crippen LogP contribution in [0.3, 0.4) is 0 Å². The van der Waals surface area contributed by atoms with Crippen molar-refractivity contribution in [1.82, 2.24) is 9.88 Å². The van der Waals surface area contributed by atoms with Crippen molar-refractivity contribution in [3.8, 4) is 11.3 Å². The Morgan fingerprint density at radius 1 is 1.15 bits per heavy atom. The summed E-state index contributed by atoms with van der Waals surface area (Å²) in [5, 5.41) is 0. The number of allylic oxidation sites excluding steroid dienone is 4. The van der Waals surface area contributed by atoms with Crippen LogP contribution < -0.4 is 0 Å². The Morgan fingerprint density at radius 3 is 2.48 bits per heavy atom. The van der Waals surface area contributed by atoms with Crippen LogP contribution in [0.1, 0.15) is 29.3 Å². The normalized spacial score (nSPS) is 12.5. The quantitative estimate of drug-likeness (QED) is 0.499. The summed E-state index contributed by atoms with van der Waals surface area (Å²) in [5.74, 6) is 0. The van der Waals surface area contributed by atoms with Gasteiger partial charge in [0.2, 0.25) is 0 Å². The Balaban J connectivity index is 2.55. The number of benzene rings is 1. The van der Waals surface area contributed by atoms with Gasteiger partial charge in [-0.1, -0.05) is 36.9 Å². The summed E-state index contributed by atoms with van der Waals surface area (Å²) in [7, 11) is 5.82. The first-order valence-electron chi connectivity index (χ1n) is 9.09. The van der Waals surface area contributed by atoms with E-state index in [4.69, 9.17) is 4.98 Å². The topological polar surface area (TPSA) is 28.5 Å². The lowest BCUT2D eigenvalue weighted by molar-refractivity contribution is 0.566. The molecule has 0 saturated heterocycles. The first-order valence-corrected chi connectivity index (χ1v) is 9.09. The molecule has 0 N–H and O–H groups in total. The van der Waals surface area contributed by atoms with Crippen molar-refractivity contribution in [3.05, 3.63) is 77.6 Å². The lowest BCUT2D eigenvalue weighted by Crippen LogP contribution is -2.02. The number of hydrogen-bond donors (Lipinski definition) is 0. The third kappa shape index (κ3) is 4.82. The molecule has 27 heavy (non-hydrogen) atoms. The number of aliphatic imine (C=N–C) groups is 1. The molecule has 140 valence electrons. The predicted octanol–water partition coefficient (Wildman–Crippen LogP) is 5.56. The van der Waals surface area contributed by atoms with Gasteiger partial charge in [-0.15, -0.1) is 0 Å². The standard InChI is InChI=1S/C24H29N3/c1-8-19(15-25-5)23-13-17(3)24(26-18(23)4)22-12-10-11-21(14-22)20(9-2)16-27(6)7/h8-16H,2H2,1,3-7H3/b19-8+,20-16+,25-15?. The highest BCUT2D eigenvalue weighted by atomic mass is 15.0. The highest BCUT2D eigenvalue weighted by Crippen LogP contribution is 2.28. The molecule has 3 nitrogen and oxygen atoms in total. The summed E-state index contributed by atoms with van der Waals surface area (Å²) in [6, 6.07) is 10.7. The summed E-state index contributed by atoms with van der Waals surface area (Å²) in [5.41, 5.74) is 8.70. The second-order valence-electron chi connectivity index (χ2n) is 6.75. The Bertz CT molecular complexity index is 915. The number of hydrogen-bond acceptors (Lipinski definition) is 3. The maximum absolute atomic E-state index is 4.92. The molecule has 3 heteroatoms. The number of nitrogens with zero attached hydrogens (tertiary/aromatic N) is 3. The highest BCUT2D eigenvalue weighted by molar-refractivity contribution is 6.10. The maximum atomic E-state index is 4.92. The molecule has 1 aromatic heterocycles. The SMILES string of the molecule is C=C/C(=C\N(C)C)c1cccc(-c2nc(C)c(/C(C=NC)=C/C)cc2C)c1. The molecule has 0 spiro atoms. The van der Waals surface area contributed by atoms with Crippen molar-refractivity contribution < 1.29 is 0 Å². The zero-order valence-electron chi connectivity index (χ0n) is 17.2. The Kier molecular flexibility index (Phi) is 6.89. The van der Waals surface area contributed by atoms with Crippen molar-refractivity contribution >= 4 is 17.4 Å². The van der Waals surface area contributed by atoms with Crippen LogP contribution in [-0.2, 0) is 0 Å². The largest absolute Gasteiger partial charge is 0.383 e. The average molecular weight is 360 g/mol. The van der Waals surface area contributed by atoms with Crippen LogP contribution >= 0.6 is 0 Å². The molecule has 2 aromatic rings. The van der Waals surface area contributed by atoms with E-state index in [1.807, 2.05) is 38.2 Å². The fourth-order valence-corrected chi connectivity index (χ4v) is 3.10. The van der Waals surface area contributed by atoms with E-state index in [2.05, 4.69) is 68.0 Å². The molecule has 0 amide bonds. The van der Waals surface area contributed by atoms with Gasteiger partial charge < -0.3 is 4.90 Å². The fraction of sp³-hybridized carbons (Fsp3) is 0.250. The van der Waals surface area contributed by atoms with E-state index in [9.17, 15) is 0 Å². The van der Waals surface area contributed by atoms with Crippen molar-refractivity contribution in [2.24, 2.45) is 4.99 Å². The second-order valence-corrected chi connectivity index (χ2v) is 6.75. The molecule has 0 saturated carbocycles. The van der Waals surface area contributed by atoms with E-state index < -0.39 is 0 Å². The van der Waals surface area contributed by atoms with Crippen LogP contribution in [0.5, 0.6) is 0 Å². The van der Waals surface area contributed by atoms with Crippen molar-refractivity contribution in [3.63, 3.8) is 0 Å². The van der Waals surface area contributed by atoms with E-state index >= 15 is 0 Å². The molecule has 1 aromatic carbocycles. The molecule has 0 bridgehead atoms. The number of aromatic nitrogens is 1. The minimum Gasteiger partial charge on any atom is -0.383 e. The summed E-state index contributed by atoms with van der Waals surface area (Å²) >= 11 is 0. The van der Waals surface area contributed by atoms with Gasteiger partial charge in [0.1, 0.15) is 0 Å².